The largest absolute Gasteiger partial charge is 0.399 e. The second-order valence-electron chi connectivity index (χ2n) is 3.34. The summed E-state index contributed by atoms with van der Waals surface area (Å²) in [6, 6.07) is 3.63. The molecule has 2 N–H and O–H groups in total. The van der Waals surface area contributed by atoms with E-state index in [0.717, 1.165) is 24.4 Å². The molecule has 0 aliphatic heterocycles. The van der Waals surface area contributed by atoms with Crippen LogP contribution in [0.25, 0.3) is 0 Å². The van der Waals surface area contributed by atoms with Gasteiger partial charge in [0.15, 0.2) is 0 Å². The van der Waals surface area contributed by atoms with E-state index in [-0.39, 0.29) is 0 Å². The molecule has 0 spiro atoms. The number of nitrogens with zero attached hydrogens (tertiary/aromatic N) is 1. The molecule has 0 aliphatic rings. The van der Waals surface area contributed by atoms with E-state index < -0.39 is 0 Å². The summed E-state index contributed by atoms with van der Waals surface area (Å²) in [5, 5.41) is 0. The molecule has 1 aromatic heterocycles. The highest BCUT2D eigenvalue weighted by atomic mass is 16.5. The predicted molar refractivity (Wildman–Crippen MR) is 57.8 cm³/mol. The van der Waals surface area contributed by atoms with Crippen LogP contribution in [0.2, 0.25) is 0 Å². The van der Waals surface area contributed by atoms with E-state index in [4.69, 9.17) is 10.5 Å². The van der Waals surface area contributed by atoms with Crippen LogP contribution in [0, 0.1) is 0 Å². The molecule has 78 valence electrons. The van der Waals surface area contributed by atoms with Crippen molar-refractivity contribution in [2.45, 2.75) is 32.8 Å². The third-order valence-corrected chi connectivity index (χ3v) is 1.98. The summed E-state index contributed by atoms with van der Waals surface area (Å²) in [4.78, 5) is 4.15. The van der Waals surface area contributed by atoms with Gasteiger partial charge in [0.05, 0.1) is 12.3 Å². The molecule has 0 saturated heterocycles. The molecule has 0 bridgehead atoms. The molecule has 0 radical (unpaired) electrons. The summed E-state index contributed by atoms with van der Waals surface area (Å²) in [6.45, 7) is 3.55. The minimum absolute atomic E-state index is 0.564. The zero-order valence-electron chi connectivity index (χ0n) is 8.70. The molecule has 0 aliphatic carbocycles. The third-order valence-electron chi connectivity index (χ3n) is 1.98. The zero-order valence-corrected chi connectivity index (χ0v) is 8.70. The lowest BCUT2D eigenvalue weighted by atomic mass is 10.3. The Hall–Kier alpha value is -1.09. The summed E-state index contributed by atoms with van der Waals surface area (Å²) in [5.41, 5.74) is 7.26. The molecule has 0 aromatic carbocycles. The average molecular weight is 194 g/mol. The number of ether oxygens (including phenoxy) is 1. The first-order valence-electron chi connectivity index (χ1n) is 5.11. The van der Waals surface area contributed by atoms with Crippen molar-refractivity contribution in [3.05, 3.63) is 24.0 Å². The summed E-state index contributed by atoms with van der Waals surface area (Å²) >= 11 is 0. The average Bonchev–Trinajstić information content (AvgIpc) is 2.18. The molecule has 0 saturated carbocycles. The first-order chi connectivity index (χ1) is 6.83. The van der Waals surface area contributed by atoms with E-state index in [1.807, 2.05) is 6.07 Å². The number of hydrogen-bond acceptors (Lipinski definition) is 3. The number of nitrogen functional groups attached to an aromatic ring is 1. The van der Waals surface area contributed by atoms with Crippen LogP contribution in [0.4, 0.5) is 5.69 Å². The van der Waals surface area contributed by atoms with Crippen molar-refractivity contribution in [1.29, 1.82) is 0 Å². The quantitative estimate of drug-likeness (QED) is 0.707. The molecule has 0 atom stereocenters. The summed E-state index contributed by atoms with van der Waals surface area (Å²) in [7, 11) is 0. The topological polar surface area (TPSA) is 48.1 Å². The van der Waals surface area contributed by atoms with Gasteiger partial charge >= 0.3 is 0 Å². The first kappa shape index (κ1) is 11.0. The number of rotatable bonds is 6. The molecular weight excluding hydrogens is 176 g/mol. The van der Waals surface area contributed by atoms with Crippen LogP contribution in [-0.2, 0) is 11.3 Å². The molecule has 0 unspecified atom stereocenters. The number of aromatic nitrogens is 1. The highest BCUT2D eigenvalue weighted by Gasteiger charge is 1.95. The van der Waals surface area contributed by atoms with Crippen molar-refractivity contribution in [3.8, 4) is 0 Å². The lowest BCUT2D eigenvalue weighted by Crippen LogP contribution is -1.98. The Morgan fingerprint density at radius 2 is 2.29 bits per heavy atom. The van der Waals surface area contributed by atoms with Gasteiger partial charge in [-0.25, -0.2) is 0 Å². The fraction of sp³-hybridized carbons (Fsp3) is 0.545. The van der Waals surface area contributed by atoms with Gasteiger partial charge in [-0.15, -0.1) is 0 Å². The maximum atomic E-state index is 5.61. The maximum absolute atomic E-state index is 5.61. The van der Waals surface area contributed by atoms with E-state index in [0.29, 0.717) is 6.61 Å². The van der Waals surface area contributed by atoms with Gasteiger partial charge in [-0.05, 0) is 18.6 Å². The molecule has 1 aromatic rings. The van der Waals surface area contributed by atoms with Gasteiger partial charge in [0.1, 0.15) is 0 Å². The Morgan fingerprint density at radius 3 is 3.00 bits per heavy atom. The summed E-state index contributed by atoms with van der Waals surface area (Å²) in [6.07, 6.45) is 5.28. The second-order valence-corrected chi connectivity index (χ2v) is 3.34. The van der Waals surface area contributed by atoms with Gasteiger partial charge in [-0.1, -0.05) is 19.8 Å². The summed E-state index contributed by atoms with van der Waals surface area (Å²) in [5.74, 6) is 0. The van der Waals surface area contributed by atoms with Crippen molar-refractivity contribution >= 4 is 5.69 Å². The van der Waals surface area contributed by atoms with Crippen molar-refractivity contribution in [2.24, 2.45) is 0 Å². The molecular formula is C11H18N2O. The smallest absolute Gasteiger partial charge is 0.0888 e. The van der Waals surface area contributed by atoms with E-state index in [1.54, 1.807) is 12.3 Å². The first-order valence-corrected chi connectivity index (χ1v) is 5.11. The van der Waals surface area contributed by atoms with Crippen LogP contribution in [0.1, 0.15) is 31.9 Å². The van der Waals surface area contributed by atoms with Crippen LogP contribution >= 0.6 is 0 Å². The molecule has 14 heavy (non-hydrogen) atoms. The molecule has 3 nitrogen and oxygen atoms in total. The van der Waals surface area contributed by atoms with Gasteiger partial charge in [-0.3, -0.25) is 4.98 Å². The molecule has 3 heteroatoms. The lowest BCUT2D eigenvalue weighted by molar-refractivity contribution is 0.114. The lowest BCUT2D eigenvalue weighted by Gasteiger charge is -2.03. The van der Waals surface area contributed by atoms with E-state index >= 15 is 0 Å². The van der Waals surface area contributed by atoms with Gasteiger partial charge in [0.25, 0.3) is 0 Å². The van der Waals surface area contributed by atoms with Crippen molar-refractivity contribution in [2.75, 3.05) is 12.3 Å². The van der Waals surface area contributed by atoms with Crippen molar-refractivity contribution < 1.29 is 4.74 Å². The van der Waals surface area contributed by atoms with Crippen LogP contribution in [0.5, 0.6) is 0 Å². The predicted octanol–water partition coefficient (Wildman–Crippen LogP) is 2.37. The monoisotopic (exact) mass is 194 g/mol. The van der Waals surface area contributed by atoms with Crippen molar-refractivity contribution in [3.63, 3.8) is 0 Å². The number of pyridine rings is 1. The Morgan fingerprint density at radius 1 is 1.43 bits per heavy atom. The molecule has 0 fully saturated rings. The highest BCUT2D eigenvalue weighted by Crippen LogP contribution is 2.04. The van der Waals surface area contributed by atoms with E-state index in [9.17, 15) is 0 Å². The Bertz CT molecular complexity index is 263. The fourth-order valence-electron chi connectivity index (χ4n) is 1.21. The SMILES string of the molecule is CCCCCOCc1cc(N)ccn1. The Balaban J connectivity index is 2.18. The standard InChI is InChI=1S/C11H18N2O/c1-2-3-4-7-14-9-11-8-10(12)5-6-13-11/h5-6,8H,2-4,7,9H2,1H3,(H2,12,13). The number of nitrogens with two attached hydrogens (primary N) is 1. The molecule has 0 amide bonds. The molecule has 1 rings (SSSR count). The maximum Gasteiger partial charge on any atom is 0.0888 e. The Kier molecular flexibility index (Phi) is 5.00. The Labute approximate surface area is 85.3 Å². The number of unbranched alkanes of at least 4 members (excludes halogenated alkanes) is 2. The number of hydrogen-bond donors (Lipinski definition) is 1. The fourth-order valence-corrected chi connectivity index (χ4v) is 1.21. The van der Waals surface area contributed by atoms with Crippen molar-refractivity contribution in [1.82, 2.24) is 4.98 Å². The van der Waals surface area contributed by atoms with Crippen LogP contribution in [-0.4, -0.2) is 11.6 Å². The van der Waals surface area contributed by atoms with E-state index in [2.05, 4.69) is 11.9 Å². The van der Waals surface area contributed by atoms with Gasteiger partial charge in [0, 0.05) is 18.5 Å². The normalized spacial score (nSPS) is 10.4. The second kappa shape index (κ2) is 6.38. The van der Waals surface area contributed by atoms with Gasteiger partial charge in [0.2, 0.25) is 0 Å². The van der Waals surface area contributed by atoms with Crippen LogP contribution < -0.4 is 5.73 Å². The zero-order chi connectivity index (χ0) is 10.2. The highest BCUT2D eigenvalue weighted by molar-refractivity contribution is 5.36. The minimum Gasteiger partial charge on any atom is -0.399 e. The van der Waals surface area contributed by atoms with Gasteiger partial charge in [-0.2, -0.15) is 0 Å². The van der Waals surface area contributed by atoms with Gasteiger partial charge < -0.3 is 10.5 Å². The number of anilines is 1. The molecule has 1 heterocycles. The van der Waals surface area contributed by atoms with Crippen LogP contribution in [0.15, 0.2) is 18.3 Å². The minimum atomic E-state index is 0.564. The summed E-state index contributed by atoms with van der Waals surface area (Å²) < 4.78 is 5.46. The van der Waals surface area contributed by atoms with Crippen LogP contribution in [0.3, 0.4) is 0 Å². The van der Waals surface area contributed by atoms with E-state index in [1.165, 1.54) is 12.8 Å². The third kappa shape index (κ3) is 4.23.